The van der Waals surface area contributed by atoms with E-state index in [4.69, 9.17) is 0 Å². The molecule has 3 N–H and O–H groups in total. The Morgan fingerprint density at radius 2 is 1.56 bits per heavy atom. The van der Waals surface area contributed by atoms with E-state index in [1.165, 1.54) is 0 Å². The predicted octanol–water partition coefficient (Wildman–Crippen LogP) is 2.71. The molecule has 57 heavy (non-hydrogen) atoms. The summed E-state index contributed by atoms with van der Waals surface area (Å²) in [6.07, 6.45) is 5.15. The largest absolute Gasteiger partial charge is 0.507 e. The highest BCUT2D eigenvalue weighted by atomic mass is 16.3. The summed E-state index contributed by atoms with van der Waals surface area (Å²) in [4.78, 5) is 75.2. The lowest BCUT2D eigenvalue weighted by atomic mass is 9.84. The van der Waals surface area contributed by atoms with Crippen LogP contribution in [0.4, 0.5) is 17.2 Å². The Labute approximate surface area is 330 Å². The van der Waals surface area contributed by atoms with Crippen LogP contribution in [0.5, 0.6) is 5.75 Å². The van der Waals surface area contributed by atoms with Crippen molar-refractivity contribution >= 4 is 46.7 Å². The van der Waals surface area contributed by atoms with Gasteiger partial charge in [-0.2, -0.15) is 0 Å². The molecule has 1 aromatic heterocycles. The molecule has 2 aromatic carbocycles. The number of amides is 5. The highest BCUT2D eigenvalue weighted by molar-refractivity contribution is 6.23. The number of anilines is 3. The van der Waals surface area contributed by atoms with Crippen LogP contribution < -0.4 is 20.4 Å². The van der Waals surface area contributed by atoms with Crippen LogP contribution in [0.1, 0.15) is 65.7 Å². The smallest absolute Gasteiger partial charge is 0.262 e. The van der Waals surface area contributed by atoms with Crippen molar-refractivity contribution in [2.45, 2.75) is 63.1 Å². The molecule has 7 aliphatic rings. The zero-order valence-electron chi connectivity index (χ0n) is 31.8. The van der Waals surface area contributed by atoms with Crippen molar-refractivity contribution in [2.75, 3.05) is 67.5 Å². The van der Waals surface area contributed by atoms with E-state index < -0.39 is 23.8 Å². The van der Waals surface area contributed by atoms with E-state index in [2.05, 4.69) is 40.4 Å². The van der Waals surface area contributed by atoms with E-state index in [0.29, 0.717) is 59.9 Å². The number of likely N-dealkylation sites (tertiary alicyclic amines) is 1. The number of imide groups is 2. The summed E-state index contributed by atoms with van der Waals surface area (Å²) in [6, 6.07) is 14.2. The molecular weight excluding hydrogens is 727 g/mol. The average molecular weight is 774 g/mol. The van der Waals surface area contributed by atoms with E-state index in [9.17, 15) is 29.1 Å². The van der Waals surface area contributed by atoms with Crippen LogP contribution in [0.2, 0.25) is 0 Å². The number of para-hydroxylation sites is 1. The molecule has 7 heterocycles. The Hall–Kier alpha value is -5.57. The van der Waals surface area contributed by atoms with Gasteiger partial charge in [0, 0.05) is 82.0 Å². The van der Waals surface area contributed by atoms with Gasteiger partial charge < -0.3 is 25.1 Å². The second kappa shape index (κ2) is 14.1. The Morgan fingerprint density at radius 3 is 2.39 bits per heavy atom. The number of fused-ring (bicyclic) bond motifs is 5. The van der Waals surface area contributed by atoms with E-state index in [0.717, 1.165) is 86.9 Å². The number of hydrogen-bond acceptors (Lipinski definition) is 12. The molecule has 1 saturated carbocycles. The van der Waals surface area contributed by atoms with Crippen molar-refractivity contribution in [3.63, 3.8) is 0 Å². The number of nitrogens with zero attached hydrogens (tertiary/aromatic N) is 7. The first-order valence-electron chi connectivity index (χ1n) is 20.5. The van der Waals surface area contributed by atoms with E-state index in [1.807, 2.05) is 24.3 Å². The normalized spacial score (nSPS) is 28.7. The van der Waals surface area contributed by atoms with Crippen LogP contribution in [-0.2, 0) is 14.4 Å². The average Bonchev–Trinajstić information content (AvgIpc) is 3.77. The molecule has 10 rings (SSSR count). The van der Waals surface area contributed by atoms with Crippen molar-refractivity contribution < 1.29 is 29.1 Å². The number of aromatic hydroxyl groups is 1. The maximum atomic E-state index is 13.9. The van der Waals surface area contributed by atoms with Crippen LogP contribution in [0.15, 0.2) is 48.5 Å². The standard InChI is InChI=1S/C42H47N9O6/c52-36-4-2-1-3-31(36)33-18-35-38(46-45-33)43-19-29-23-48(15-16-50(29)35)40(55)24-5-7-27(8-6-24)49-20-25-13-14-47(21-26(25)22-49)28-9-10-30-32(17-28)42(57)51(41(30)56)34-11-12-37(53)44-39(34)54/h1-4,9-10,17-18,24-27,29,34,52H,5-8,11-16,19-23H2,(H,43,46)(H,44,53,54)/t24?,25-,26-,27?,29+,34?/m1/s1. The zero-order chi connectivity index (χ0) is 38.9. The summed E-state index contributed by atoms with van der Waals surface area (Å²) >= 11 is 0. The van der Waals surface area contributed by atoms with Crippen LogP contribution in [0.25, 0.3) is 11.3 Å². The highest BCUT2D eigenvalue weighted by Crippen LogP contribution is 2.40. The zero-order valence-corrected chi connectivity index (χ0v) is 31.8. The van der Waals surface area contributed by atoms with Crippen molar-refractivity contribution in [1.82, 2.24) is 30.2 Å². The number of phenols is 1. The summed E-state index contributed by atoms with van der Waals surface area (Å²) in [5, 5.41) is 24.9. The number of piperidine rings is 2. The summed E-state index contributed by atoms with van der Waals surface area (Å²) < 4.78 is 0. The maximum Gasteiger partial charge on any atom is 0.262 e. The lowest BCUT2D eigenvalue weighted by Crippen LogP contribution is -2.60. The summed E-state index contributed by atoms with van der Waals surface area (Å²) in [5.74, 6) is 0.383. The topological polar surface area (TPSA) is 172 Å². The number of aromatic nitrogens is 2. The van der Waals surface area contributed by atoms with Crippen molar-refractivity contribution in [1.29, 1.82) is 0 Å². The van der Waals surface area contributed by atoms with Crippen LogP contribution in [0, 0.1) is 17.8 Å². The third-order valence-corrected chi connectivity index (χ3v) is 13.7. The molecule has 1 unspecified atom stereocenters. The van der Waals surface area contributed by atoms with E-state index in [-0.39, 0.29) is 42.4 Å². The van der Waals surface area contributed by atoms with Crippen molar-refractivity contribution in [2.24, 2.45) is 17.8 Å². The van der Waals surface area contributed by atoms with Gasteiger partial charge in [0.25, 0.3) is 11.8 Å². The van der Waals surface area contributed by atoms with Gasteiger partial charge in [0.05, 0.1) is 28.6 Å². The summed E-state index contributed by atoms with van der Waals surface area (Å²) in [6.45, 7) is 6.59. The van der Waals surface area contributed by atoms with Crippen molar-refractivity contribution in [3.8, 4) is 17.0 Å². The highest BCUT2D eigenvalue weighted by Gasteiger charge is 2.46. The van der Waals surface area contributed by atoms with Gasteiger partial charge in [0.2, 0.25) is 17.7 Å². The van der Waals surface area contributed by atoms with Gasteiger partial charge >= 0.3 is 0 Å². The lowest BCUT2D eigenvalue weighted by molar-refractivity contribution is -0.138. The third kappa shape index (κ3) is 6.26. The fraction of sp³-hybridized carbons (Fsp3) is 0.500. The molecule has 15 heteroatoms. The minimum atomic E-state index is -0.973. The molecule has 296 valence electrons. The van der Waals surface area contributed by atoms with Gasteiger partial charge in [-0.3, -0.25) is 39.1 Å². The third-order valence-electron chi connectivity index (χ3n) is 13.7. The number of carbonyl (C=O) groups excluding carboxylic acids is 5. The van der Waals surface area contributed by atoms with Crippen LogP contribution >= 0.6 is 0 Å². The van der Waals surface area contributed by atoms with Crippen LogP contribution in [0.3, 0.4) is 0 Å². The molecule has 0 spiro atoms. The summed E-state index contributed by atoms with van der Waals surface area (Å²) in [7, 11) is 0. The van der Waals surface area contributed by atoms with Crippen molar-refractivity contribution in [3.05, 3.63) is 59.7 Å². The first-order valence-corrected chi connectivity index (χ1v) is 20.5. The monoisotopic (exact) mass is 773 g/mol. The molecule has 1 aliphatic carbocycles. The van der Waals surface area contributed by atoms with Gasteiger partial charge in [-0.1, -0.05) is 12.1 Å². The molecule has 4 atom stereocenters. The molecule has 5 fully saturated rings. The number of piperazine rings is 1. The van der Waals surface area contributed by atoms with Gasteiger partial charge in [-0.15, -0.1) is 10.2 Å². The molecule has 0 radical (unpaired) electrons. The quantitative estimate of drug-likeness (QED) is 0.325. The van der Waals surface area contributed by atoms with E-state index in [1.54, 1.807) is 24.3 Å². The Bertz CT molecular complexity index is 2170. The van der Waals surface area contributed by atoms with Crippen LogP contribution in [-0.4, -0.2) is 130 Å². The predicted molar refractivity (Wildman–Crippen MR) is 210 cm³/mol. The minimum Gasteiger partial charge on any atom is -0.507 e. The molecule has 6 aliphatic heterocycles. The molecule has 0 bridgehead atoms. The number of benzene rings is 2. The molecule has 4 saturated heterocycles. The first kappa shape index (κ1) is 35.8. The molecule has 15 nitrogen and oxygen atoms in total. The minimum absolute atomic E-state index is 0.0517. The summed E-state index contributed by atoms with van der Waals surface area (Å²) in [5.41, 5.74) is 3.76. The Balaban J connectivity index is 0.727. The van der Waals surface area contributed by atoms with Gasteiger partial charge in [0.1, 0.15) is 11.8 Å². The number of carbonyl (C=O) groups is 5. The second-order valence-electron chi connectivity index (χ2n) is 16.9. The SMILES string of the molecule is O=C1CCC(N2C(=O)c3ccc(N4CC[C@@H]5CN(C6CCC(C(=O)N7CCN8c9cc(-c%10ccccc%10O)nnc9NC[C@H]8C7)CC6)C[C@H]5C4)cc3C2=O)C(=O)N1. The van der Waals surface area contributed by atoms with Gasteiger partial charge in [-0.25, -0.2) is 0 Å². The number of nitrogens with one attached hydrogen (secondary N) is 2. The Kier molecular flexibility index (Phi) is 8.87. The number of phenolic OH excluding ortho intramolecular Hbond substituents is 1. The fourth-order valence-corrected chi connectivity index (χ4v) is 10.6. The van der Waals surface area contributed by atoms with E-state index >= 15 is 0 Å². The Morgan fingerprint density at radius 1 is 0.754 bits per heavy atom. The molecule has 3 aromatic rings. The van der Waals surface area contributed by atoms with Gasteiger partial charge in [0.15, 0.2) is 5.82 Å². The first-order chi connectivity index (χ1) is 27.7. The molecular formula is C42H47N9O6. The number of hydrogen-bond donors (Lipinski definition) is 3. The molecule has 5 amide bonds. The maximum absolute atomic E-state index is 13.9. The number of rotatable bonds is 5. The lowest BCUT2D eigenvalue weighted by Gasteiger charge is -2.46. The van der Waals surface area contributed by atoms with Gasteiger partial charge in [-0.05, 0) is 86.8 Å². The fourth-order valence-electron chi connectivity index (χ4n) is 10.6. The second-order valence-corrected chi connectivity index (χ2v) is 16.9.